The van der Waals surface area contributed by atoms with Crippen LogP contribution in [0.2, 0.25) is 0 Å². The van der Waals surface area contributed by atoms with Crippen molar-refractivity contribution >= 4 is 12.1 Å². The first-order valence-corrected chi connectivity index (χ1v) is 12.9. The van der Waals surface area contributed by atoms with E-state index in [1.54, 1.807) is 48.8 Å². The fourth-order valence-electron chi connectivity index (χ4n) is 3.88. The number of hydrogen-bond donors (Lipinski definition) is 0. The van der Waals surface area contributed by atoms with Crippen LogP contribution in [-0.2, 0) is 12.6 Å². The molecule has 0 aliphatic heterocycles. The molecule has 0 aliphatic carbocycles. The topological polar surface area (TPSA) is 111 Å². The lowest BCUT2D eigenvalue weighted by molar-refractivity contribution is -0.137. The van der Waals surface area contributed by atoms with Crippen LogP contribution in [0.5, 0.6) is 17.2 Å². The molecule has 8 nitrogen and oxygen atoms in total. The van der Waals surface area contributed by atoms with Crippen LogP contribution in [0.4, 0.5) is 18.0 Å². The highest BCUT2D eigenvalue weighted by Crippen LogP contribution is 2.34. The van der Waals surface area contributed by atoms with Gasteiger partial charge in [0.1, 0.15) is 17.2 Å². The van der Waals surface area contributed by atoms with Crippen LogP contribution in [0.3, 0.4) is 0 Å². The Kier molecular flexibility index (Phi) is 9.50. The summed E-state index contributed by atoms with van der Waals surface area (Å²) in [7, 11) is 0. The van der Waals surface area contributed by atoms with Crippen molar-refractivity contribution in [3.8, 4) is 34.4 Å². The third kappa shape index (κ3) is 7.91. The summed E-state index contributed by atoms with van der Waals surface area (Å²) in [6.45, 7) is 2.13. The molecule has 4 aromatic rings. The number of esters is 1. The fraction of sp³-hybridized carbons (Fsp3) is 0.194. The van der Waals surface area contributed by atoms with Gasteiger partial charge in [0, 0.05) is 12.4 Å². The molecule has 214 valence electrons. The predicted molar refractivity (Wildman–Crippen MR) is 145 cm³/mol. The van der Waals surface area contributed by atoms with E-state index >= 15 is 0 Å². The number of benzene rings is 3. The van der Waals surface area contributed by atoms with Gasteiger partial charge in [-0.25, -0.2) is 19.6 Å². The maximum Gasteiger partial charge on any atom is 0.519 e. The molecule has 1 aromatic heterocycles. The maximum atomic E-state index is 13.1. The minimum absolute atomic E-state index is 0.0348. The van der Waals surface area contributed by atoms with Crippen LogP contribution in [0.1, 0.15) is 53.5 Å². The summed E-state index contributed by atoms with van der Waals surface area (Å²) in [5, 5.41) is 8.87. The second-order valence-corrected chi connectivity index (χ2v) is 9.08. The van der Waals surface area contributed by atoms with Gasteiger partial charge >= 0.3 is 18.3 Å². The Morgan fingerprint density at radius 1 is 0.810 bits per heavy atom. The number of aromatic nitrogens is 2. The van der Waals surface area contributed by atoms with Crippen molar-refractivity contribution in [1.29, 1.82) is 5.26 Å². The van der Waals surface area contributed by atoms with E-state index in [2.05, 4.69) is 16.9 Å². The van der Waals surface area contributed by atoms with Gasteiger partial charge < -0.3 is 14.2 Å². The highest BCUT2D eigenvalue weighted by molar-refractivity contribution is 5.87. The second kappa shape index (κ2) is 13.4. The predicted octanol–water partition coefficient (Wildman–Crippen LogP) is 7.56. The molecule has 42 heavy (non-hydrogen) atoms. The van der Waals surface area contributed by atoms with Gasteiger partial charge in [0.25, 0.3) is 0 Å². The Morgan fingerprint density at radius 2 is 1.36 bits per heavy atom. The van der Waals surface area contributed by atoms with E-state index < -0.39 is 35.2 Å². The Morgan fingerprint density at radius 3 is 1.90 bits per heavy atom. The standard InChI is InChI=1S/C31H24F3N3O5/c1-2-3-4-5-20-18-36-28(37-19-20)29(38)40-24-11-6-21(7-12-24)22-8-13-25(14-9-22)41-30(39)42-26-15-10-23(17-35)27(16-26)31(32,33)34/h6-16,18-19H,2-5H2,1H3. The number of halogens is 3. The molecule has 0 spiro atoms. The molecule has 1 heterocycles. The largest absolute Gasteiger partial charge is 0.519 e. The third-order valence-electron chi connectivity index (χ3n) is 6.03. The zero-order valence-corrected chi connectivity index (χ0v) is 22.4. The van der Waals surface area contributed by atoms with Crippen molar-refractivity contribution < 1.29 is 37.0 Å². The number of hydrogen-bond acceptors (Lipinski definition) is 8. The van der Waals surface area contributed by atoms with Crippen LogP contribution in [-0.4, -0.2) is 22.1 Å². The monoisotopic (exact) mass is 575 g/mol. The van der Waals surface area contributed by atoms with E-state index in [4.69, 9.17) is 19.5 Å². The van der Waals surface area contributed by atoms with Gasteiger partial charge in [-0.2, -0.15) is 18.4 Å². The van der Waals surface area contributed by atoms with E-state index in [1.807, 2.05) is 0 Å². The lowest BCUT2D eigenvalue weighted by Gasteiger charge is -2.11. The van der Waals surface area contributed by atoms with E-state index in [0.29, 0.717) is 11.8 Å². The molecule has 11 heteroatoms. The minimum Gasteiger partial charge on any atom is -0.421 e. The molecular formula is C31H24F3N3O5. The average Bonchev–Trinajstić information content (AvgIpc) is 2.98. The van der Waals surface area contributed by atoms with Crippen LogP contribution >= 0.6 is 0 Å². The number of aryl methyl sites for hydroxylation is 1. The van der Waals surface area contributed by atoms with E-state index in [9.17, 15) is 22.8 Å². The second-order valence-electron chi connectivity index (χ2n) is 9.08. The van der Waals surface area contributed by atoms with Gasteiger partial charge in [0.2, 0.25) is 5.82 Å². The van der Waals surface area contributed by atoms with Gasteiger partial charge in [-0.1, -0.05) is 44.0 Å². The SMILES string of the molecule is CCCCCc1cnc(C(=O)Oc2ccc(-c3ccc(OC(=O)Oc4ccc(C#N)c(C(F)(F)F)c4)cc3)cc2)nc1. The zero-order chi connectivity index (χ0) is 30.1. The Bertz CT molecular complexity index is 1580. The number of rotatable bonds is 9. The number of ether oxygens (including phenoxy) is 3. The number of nitriles is 1. The number of alkyl halides is 3. The first-order valence-electron chi connectivity index (χ1n) is 12.9. The molecule has 0 amide bonds. The van der Waals surface area contributed by atoms with E-state index in [-0.39, 0.29) is 11.6 Å². The van der Waals surface area contributed by atoms with Crippen LogP contribution in [0.15, 0.2) is 79.1 Å². The van der Waals surface area contributed by atoms with Gasteiger partial charge in [-0.05, 0) is 72.0 Å². The van der Waals surface area contributed by atoms with Crippen molar-refractivity contribution in [2.75, 3.05) is 0 Å². The van der Waals surface area contributed by atoms with Crippen molar-refractivity contribution in [3.05, 3.63) is 102 Å². The highest BCUT2D eigenvalue weighted by Gasteiger charge is 2.34. The molecule has 4 rings (SSSR count). The molecule has 0 atom stereocenters. The van der Waals surface area contributed by atoms with Crippen LogP contribution in [0.25, 0.3) is 11.1 Å². The molecule has 0 aliphatic rings. The molecule has 0 saturated heterocycles. The summed E-state index contributed by atoms with van der Waals surface area (Å²) in [4.78, 5) is 32.7. The summed E-state index contributed by atoms with van der Waals surface area (Å²) < 4.78 is 54.7. The Labute approximate surface area is 239 Å². The van der Waals surface area contributed by atoms with Crippen molar-refractivity contribution in [2.24, 2.45) is 0 Å². The maximum absolute atomic E-state index is 13.1. The van der Waals surface area contributed by atoms with Crippen molar-refractivity contribution in [3.63, 3.8) is 0 Å². The number of nitrogens with zero attached hydrogens (tertiary/aromatic N) is 3. The van der Waals surface area contributed by atoms with E-state index in [1.165, 1.54) is 18.2 Å². The molecule has 3 aromatic carbocycles. The van der Waals surface area contributed by atoms with Gasteiger partial charge in [0.05, 0.1) is 17.2 Å². The molecular weight excluding hydrogens is 551 g/mol. The summed E-state index contributed by atoms with van der Waals surface area (Å²) in [5.74, 6) is -0.733. The van der Waals surface area contributed by atoms with Crippen molar-refractivity contribution in [1.82, 2.24) is 9.97 Å². The van der Waals surface area contributed by atoms with Crippen LogP contribution in [0, 0.1) is 11.3 Å². The molecule has 0 N–H and O–H groups in total. The van der Waals surface area contributed by atoms with E-state index in [0.717, 1.165) is 54.5 Å². The lowest BCUT2D eigenvalue weighted by Crippen LogP contribution is -2.15. The normalized spacial score (nSPS) is 10.9. The first-order chi connectivity index (χ1) is 20.2. The quantitative estimate of drug-likeness (QED) is 0.0870. The zero-order valence-electron chi connectivity index (χ0n) is 22.4. The minimum atomic E-state index is -4.79. The molecule has 0 radical (unpaired) electrons. The third-order valence-corrected chi connectivity index (χ3v) is 6.03. The molecule has 0 bridgehead atoms. The molecule has 0 saturated carbocycles. The smallest absolute Gasteiger partial charge is 0.421 e. The van der Waals surface area contributed by atoms with Gasteiger partial charge in [0.15, 0.2) is 0 Å². The average molecular weight is 576 g/mol. The lowest BCUT2D eigenvalue weighted by atomic mass is 10.1. The first kappa shape index (κ1) is 29.7. The fourth-order valence-corrected chi connectivity index (χ4v) is 3.88. The number of carbonyl (C=O) groups is 2. The highest BCUT2D eigenvalue weighted by atomic mass is 19.4. The van der Waals surface area contributed by atoms with Crippen LogP contribution < -0.4 is 14.2 Å². The summed E-state index contributed by atoms with van der Waals surface area (Å²) >= 11 is 0. The molecule has 0 fully saturated rings. The number of unbranched alkanes of at least 4 members (excludes halogenated alkanes) is 2. The van der Waals surface area contributed by atoms with Crippen molar-refractivity contribution in [2.45, 2.75) is 38.8 Å². The van der Waals surface area contributed by atoms with Gasteiger partial charge in [-0.3, -0.25) is 0 Å². The summed E-state index contributed by atoms with van der Waals surface area (Å²) in [6, 6.07) is 16.9. The summed E-state index contributed by atoms with van der Waals surface area (Å²) in [6.07, 6.45) is 1.34. The number of carbonyl (C=O) groups excluding carboxylic acids is 2. The molecule has 0 unspecified atom stereocenters. The Balaban J connectivity index is 1.32. The van der Waals surface area contributed by atoms with Gasteiger partial charge in [-0.15, -0.1) is 0 Å². The summed E-state index contributed by atoms with van der Waals surface area (Å²) in [5.41, 5.74) is 0.664. The Hall–Kier alpha value is -5.24.